The van der Waals surface area contributed by atoms with Crippen LogP contribution in [-0.4, -0.2) is 46.0 Å². The normalized spacial score (nSPS) is 18.5. The molecule has 1 saturated heterocycles. The summed E-state index contributed by atoms with van der Waals surface area (Å²) in [6, 6.07) is 6.40. The molecule has 2 aromatic rings. The van der Waals surface area contributed by atoms with E-state index < -0.39 is 23.7 Å². The van der Waals surface area contributed by atoms with E-state index in [0.717, 1.165) is 6.42 Å². The van der Waals surface area contributed by atoms with Crippen molar-refractivity contribution in [3.05, 3.63) is 48.0 Å². The van der Waals surface area contributed by atoms with E-state index in [1.54, 1.807) is 12.1 Å². The third-order valence-electron chi connectivity index (χ3n) is 4.14. The standard InChI is InChI=1S/C17H18FN3O4/c18-12-5-1-2-6-14(12)21-8-7-13(20-21)16(22)19-15(17(23)24)11-4-3-9-25-10-11/h1-2,5-8,11,15H,3-4,9-10H2,(H,19,22)(H,23,24). The Hall–Kier alpha value is -2.74. The minimum atomic E-state index is -1.11. The number of para-hydroxylation sites is 1. The van der Waals surface area contributed by atoms with E-state index in [2.05, 4.69) is 10.4 Å². The Morgan fingerprint density at radius 1 is 1.36 bits per heavy atom. The van der Waals surface area contributed by atoms with Crippen LogP contribution in [0.3, 0.4) is 0 Å². The van der Waals surface area contributed by atoms with Gasteiger partial charge in [-0.05, 0) is 31.0 Å². The third kappa shape index (κ3) is 3.85. The predicted molar refractivity (Wildman–Crippen MR) is 86.0 cm³/mol. The number of nitrogens with zero attached hydrogens (tertiary/aromatic N) is 2. The highest BCUT2D eigenvalue weighted by Crippen LogP contribution is 2.18. The maximum absolute atomic E-state index is 13.8. The fourth-order valence-corrected chi connectivity index (χ4v) is 2.84. The summed E-state index contributed by atoms with van der Waals surface area (Å²) in [7, 11) is 0. The Kier molecular flexibility index (Phi) is 5.08. The SMILES string of the molecule is O=C(NC(C(=O)O)C1CCCOC1)c1ccn(-c2ccccc2F)n1. The van der Waals surface area contributed by atoms with Crippen LogP contribution >= 0.6 is 0 Å². The molecule has 132 valence electrons. The lowest BCUT2D eigenvalue weighted by molar-refractivity contribution is -0.142. The number of hydrogen-bond acceptors (Lipinski definition) is 4. The van der Waals surface area contributed by atoms with Crippen molar-refractivity contribution >= 4 is 11.9 Å². The van der Waals surface area contributed by atoms with Crippen LogP contribution in [0.15, 0.2) is 36.5 Å². The van der Waals surface area contributed by atoms with Crippen LogP contribution < -0.4 is 5.32 Å². The first-order valence-electron chi connectivity index (χ1n) is 7.98. The fraction of sp³-hybridized carbons (Fsp3) is 0.353. The lowest BCUT2D eigenvalue weighted by Crippen LogP contribution is -2.48. The zero-order valence-corrected chi connectivity index (χ0v) is 13.4. The lowest BCUT2D eigenvalue weighted by Gasteiger charge is -2.27. The van der Waals surface area contributed by atoms with Gasteiger partial charge >= 0.3 is 5.97 Å². The first-order chi connectivity index (χ1) is 12.1. The minimum Gasteiger partial charge on any atom is -0.480 e. The summed E-state index contributed by atoms with van der Waals surface area (Å²) >= 11 is 0. The molecule has 1 amide bonds. The van der Waals surface area contributed by atoms with Crippen molar-refractivity contribution in [2.24, 2.45) is 5.92 Å². The molecule has 0 radical (unpaired) electrons. The van der Waals surface area contributed by atoms with Crippen LogP contribution in [0.25, 0.3) is 5.69 Å². The van der Waals surface area contributed by atoms with Gasteiger partial charge in [0.1, 0.15) is 17.5 Å². The molecule has 1 aromatic carbocycles. The van der Waals surface area contributed by atoms with Crippen LogP contribution in [0.4, 0.5) is 4.39 Å². The van der Waals surface area contributed by atoms with Crippen molar-refractivity contribution in [2.75, 3.05) is 13.2 Å². The number of carbonyl (C=O) groups excluding carboxylic acids is 1. The smallest absolute Gasteiger partial charge is 0.326 e. The maximum atomic E-state index is 13.8. The second-order valence-electron chi connectivity index (χ2n) is 5.86. The van der Waals surface area contributed by atoms with Crippen molar-refractivity contribution in [2.45, 2.75) is 18.9 Å². The van der Waals surface area contributed by atoms with Gasteiger partial charge in [-0.25, -0.2) is 13.9 Å². The molecular formula is C17H18FN3O4. The number of benzene rings is 1. The van der Waals surface area contributed by atoms with Gasteiger partial charge < -0.3 is 15.2 Å². The summed E-state index contributed by atoms with van der Waals surface area (Å²) in [6.07, 6.45) is 2.87. The van der Waals surface area contributed by atoms with Gasteiger partial charge in [0, 0.05) is 18.7 Å². The zero-order chi connectivity index (χ0) is 17.8. The quantitative estimate of drug-likeness (QED) is 0.857. The number of amides is 1. The second kappa shape index (κ2) is 7.43. The Labute approximate surface area is 143 Å². The summed E-state index contributed by atoms with van der Waals surface area (Å²) in [5.74, 6) is -2.49. The largest absolute Gasteiger partial charge is 0.480 e. The van der Waals surface area contributed by atoms with Crippen molar-refractivity contribution in [3.8, 4) is 5.69 Å². The van der Waals surface area contributed by atoms with E-state index in [4.69, 9.17) is 4.74 Å². The molecule has 1 aliphatic rings. The molecule has 0 spiro atoms. The van der Waals surface area contributed by atoms with Crippen molar-refractivity contribution in [1.82, 2.24) is 15.1 Å². The highest BCUT2D eigenvalue weighted by molar-refractivity contribution is 5.95. The highest BCUT2D eigenvalue weighted by Gasteiger charge is 2.32. The van der Waals surface area contributed by atoms with Crippen LogP contribution in [0.5, 0.6) is 0 Å². The first-order valence-corrected chi connectivity index (χ1v) is 7.98. The molecule has 0 aliphatic carbocycles. The molecule has 2 unspecified atom stereocenters. The van der Waals surface area contributed by atoms with Gasteiger partial charge in [-0.2, -0.15) is 5.10 Å². The zero-order valence-electron chi connectivity index (χ0n) is 13.4. The average Bonchev–Trinajstić information content (AvgIpc) is 3.10. The number of aliphatic carboxylic acids is 1. The molecular weight excluding hydrogens is 329 g/mol. The Bertz CT molecular complexity index is 771. The number of nitrogens with one attached hydrogen (secondary N) is 1. The van der Waals surface area contributed by atoms with Gasteiger partial charge in [0.05, 0.1) is 6.61 Å². The topological polar surface area (TPSA) is 93.5 Å². The number of carboxylic acid groups (broad SMARTS) is 1. The molecule has 7 nitrogen and oxygen atoms in total. The van der Waals surface area contributed by atoms with Crippen molar-refractivity contribution in [3.63, 3.8) is 0 Å². The molecule has 1 aliphatic heterocycles. The molecule has 2 atom stereocenters. The summed E-state index contributed by atoms with van der Waals surface area (Å²) < 4.78 is 20.3. The lowest BCUT2D eigenvalue weighted by atomic mass is 9.93. The van der Waals surface area contributed by atoms with Gasteiger partial charge in [0.2, 0.25) is 0 Å². The first kappa shape index (κ1) is 17.1. The molecule has 25 heavy (non-hydrogen) atoms. The van der Waals surface area contributed by atoms with E-state index in [-0.39, 0.29) is 17.3 Å². The number of carbonyl (C=O) groups is 2. The summed E-state index contributed by atoms with van der Waals surface area (Å²) in [5.41, 5.74) is 0.225. The maximum Gasteiger partial charge on any atom is 0.326 e. The molecule has 2 N–H and O–H groups in total. The third-order valence-corrected chi connectivity index (χ3v) is 4.14. The van der Waals surface area contributed by atoms with Gasteiger partial charge in [-0.15, -0.1) is 0 Å². The monoisotopic (exact) mass is 347 g/mol. The van der Waals surface area contributed by atoms with E-state index in [9.17, 15) is 19.1 Å². The minimum absolute atomic E-state index is 0.0197. The van der Waals surface area contributed by atoms with Crippen LogP contribution in [0.2, 0.25) is 0 Å². The fourth-order valence-electron chi connectivity index (χ4n) is 2.84. The second-order valence-corrected chi connectivity index (χ2v) is 5.86. The van der Waals surface area contributed by atoms with Gasteiger partial charge in [-0.3, -0.25) is 4.79 Å². The number of hydrogen-bond donors (Lipinski definition) is 2. The number of carboxylic acids is 1. The van der Waals surface area contributed by atoms with E-state index >= 15 is 0 Å². The number of aromatic nitrogens is 2. The van der Waals surface area contributed by atoms with Crippen LogP contribution in [0.1, 0.15) is 23.3 Å². The number of halogens is 1. The van der Waals surface area contributed by atoms with Gasteiger partial charge in [-0.1, -0.05) is 12.1 Å². The molecule has 8 heteroatoms. The Morgan fingerprint density at radius 2 is 2.16 bits per heavy atom. The van der Waals surface area contributed by atoms with Crippen molar-refractivity contribution in [1.29, 1.82) is 0 Å². The summed E-state index contributed by atoms with van der Waals surface area (Å²) in [6.45, 7) is 0.894. The Balaban J connectivity index is 1.74. The average molecular weight is 347 g/mol. The molecule has 1 fully saturated rings. The molecule has 2 heterocycles. The molecule has 0 saturated carbocycles. The van der Waals surface area contributed by atoms with Crippen molar-refractivity contribution < 1.29 is 23.8 Å². The molecule has 0 bridgehead atoms. The van der Waals surface area contributed by atoms with E-state index in [0.29, 0.717) is 19.6 Å². The van der Waals surface area contributed by atoms with Crippen LogP contribution in [-0.2, 0) is 9.53 Å². The molecule has 3 rings (SSSR count). The number of ether oxygens (including phenoxy) is 1. The van der Waals surface area contributed by atoms with Crippen LogP contribution in [0, 0.1) is 11.7 Å². The summed E-state index contributed by atoms with van der Waals surface area (Å²) in [5, 5.41) is 15.9. The molecule has 1 aromatic heterocycles. The van der Waals surface area contributed by atoms with Gasteiger partial charge in [0.25, 0.3) is 5.91 Å². The number of rotatable bonds is 5. The van der Waals surface area contributed by atoms with E-state index in [1.165, 1.54) is 29.1 Å². The van der Waals surface area contributed by atoms with E-state index in [1.807, 2.05) is 0 Å². The predicted octanol–water partition coefficient (Wildman–Crippen LogP) is 1.62. The highest BCUT2D eigenvalue weighted by atomic mass is 19.1. The van der Waals surface area contributed by atoms with Gasteiger partial charge in [0.15, 0.2) is 5.69 Å². The summed E-state index contributed by atoms with van der Waals surface area (Å²) in [4.78, 5) is 23.8. The Morgan fingerprint density at radius 3 is 2.84 bits per heavy atom.